The van der Waals surface area contributed by atoms with Crippen molar-refractivity contribution in [2.75, 3.05) is 5.75 Å². The summed E-state index contributed by atoms with van der Waals surface area (Å²) in [7, 11) is 0. The van der Waals surface area contributed by atoms with Gasteiger partial charge in [0.05, 0.1) is 31.8 Å². The van der Waals surface area contributed by atoms with Crippen LogP contribution in [0.25, 0.3) is 11.1 Å². The number of amides is 3. The summed E-state index contributed by atoms with van der Waals surface area (Å²) in [6.07, 6.45) is 0.0455. The number of aliphatic hydroxyl groups excluding tert-OH is 1. The molecule has 2 fully saturated rings. The van der Waals surface area contributed by atoms with Crippen LogP contribution >= 0.6 is 11.8 Å². The van der Waals surface area contributed by atoms with Gasteiger partial charge in [0.15, 0.2) is 12.5 Å². The highest BCUT2D eigenvalue weighted by molar-refractivity contribution is 7.99. The number of benzene rings is 4. The van der Waals surface area contributed by atoms with Gasteiger partial charge in [0.25, 0.3) is 10.9 Å². The van der Waals surface area contributed by atoms with E-state index in [0.29, 0.717) is 17.2 Å². The molecule has 0 bridgehead atoms. The first-order chi connectivity index (χ1) is 26.3. The number of imide groups is 1. The predicted octanol–water partition coefficient (Wildman–Crippen LogP) is 6.37. The van der Waals surface area contributed by atoms with Gasteiger partial charge < -0.3 is 29.8 Å². The molecular formula is C42H39N3O8S. The standard InChI is InChI=1S/C42H39N3O8S/c46-25-28-12-14-32(15-13-28)37-22-35(27-54-39-11-4-5-20-45(39)50)52-41(53-37)33-18-16-31(17-19-33)34-10-6-9-30(21-34)24-44-38(47)23-36(40(44)48)43-42(49)51-26-29-7-2-1-3-8-29/h1-21,35-37,41,46H,22-27H2,(H,43,49). The van der Waals surface area contributed by atoms with Crippen molar-refractivity contribution in [2.24, 2.45) is 0 Å². The average Bonchev–Trinajstić information content (AvgIpc) is 3.47. The van der Waals surface area contributed by atoms with Crippen LogP contribution in [0.15, 0.2) is 133 Å². The van der Waals surface area contributed by atoms with Crippen LogP contribution in [0.5, 0.6) is 0 Å². The van der Waals surface area contributed by atoms with Gasteiger partial charge in [0.2, 0.25) is 5.91 Å². The summed E-state index contributed by atoms with van der Waals surface area (Å²) in [5.41, 5.74) is 6.01. The first-order valence-corrected chi connectivity index (χ1v) is 18.6. The quantitative estimate of drug-likeness (QED) is 0.0645. The Kier molecular flexibility index (Phi) is 11.6. The average molecular weight is 746 g/mol. The second-order valence-corrected chi connectivity index (χ2v) is 14.2. The topological polar surface area (TPSA) is 141 Å². The van der Waals surface area contributed by atoms with E-state index in [4.69, 9.17) is 14.2 Å². The summed E-state index contributed by atoms with van der Waals surface area (Å²) in [5, 5.41) is 24.9. The van der Waals surface area contributed by atoms with Crippen molar-refractivity contribution >= 4 is 29.7 Å². The van der Waals surface area contributed by atoms with Crippen LogP contribution in [-0.4, -0.2) is 45.8 Å². The first kappa shape index (κ1) is 36.8. The zero-order chi connectivity index (χ0) is 37.4. The number of thioether (sulfide) groups is 1. The highest BCUT2D eigenvalue weighted by Gasteiger charge is 2.40. The lowest BCUT2D eigenvalue weighted by Gasteiger charge is -2.36. The summed E-state index contributed by atoms with van der Waals surface area (Å²) < 4.78 is 19.0. The van der Waals surface area contributed by atoms with E-state index in [1.807, 2.05) is 109 Å². The summed E-state index contributed by atoms with van der Waals surface area (Å²) >= 11 is 1.44. The molecule has 2 saturated heterocycles. The van der Waals surface area contributed by atoms with Crippen LogP contribution in [0.4, 0.5) is 4.79 Å². The fraction of sp³-hybridized carbons (Fsp3) is 0.238. The van der Waals surface area contributed by atoms with Gasteiger partial charge in [0.1, 0.15) is 12.6 Å². The second kappa shape index (κ2) is 17.1. The molecule has 54 heavy (non-hydrogen) atoms. The van der Waals surface area contributed by atoms with Crippen molar-refractivity contribution in [1.82, 2.24) is 10.2 Å². The Morgan fingerprint density at radius 1 is 0.852 bits per heavy atom. The molecule has 0 aliphatic carbocycles. The van der Waals surface area contributed by atoms with E-state index in [1.165, 1.54) is 22.9 Å². The van der Waals surface area contributed by atoms with E-state index in [9.17, 15) is 24.7 Å². The molecule has 276 valence electrons. The zero-order valence-electron chi connectivity index (χ0n) is 29.3. The highest BCUT2D eigenvalue weighted by atomic mass is 32.2. The molecule has 11 nitrogen and oxygen atoms in total. The van der Waals surface area contributed by atoms with Gasteiger partial charge in [-0.25, -0.2) is 4.79 Å². The molecule has 2 aliphatic rings. The van der Waals surface area contributed by atoms with E-state index in [1.54, 1.807) is 12.1 Å². The van der Waals surface area contributed by atoms with Gasteiger partial charge in [-0.1, -0.05) is 109 Å². The number of likely N-dealkylation sites (tertiary alicyclic amines) is 1. The minimum absolute atomic E-state index is 0.0430. The van der Waals surface area contributed by atoms with Crippen LogP contribution in [-0.2, 0) is 43.6 Å². The van der Waals surface area contributed by atoms with Gasteiger partial charge >= 0.3 is 6.09 Å². The molecule has 4 unspecified atom stereocenters. The predicted molar refractivity (Wildman–Crippen MR) is 200 cm³/mol. The number of rotatable bonds is 12. The van der Waals surface area contributed by atoms with Gasteiger partial charge in [-0.3, -0.25) is 14.5 Å². The Balaban J connectivity index is 1.00. The number of aliphatic hydroxyl groups is 1. The number of hydrogen-bond donors (Lipinski definition) is 2. The number of carbonyl (C=O) groups is 3. The molecule has 5 aromatic rings. The fourth-order valence-electron chi connectivity index (χ4n) is 6.46. The maximum absolute atomic E-state index is 13.2. The van der Waals surface area contributed by atoms with Crippen LogP contribution in [0.2, 0.25) is 0 Å². The molecule has 2 N–H and O–H groups in total. The Morgan fingerprint density at radius 3 is 2.35 bits per heavy atom. The van der Waals surface area contributed by atoms with Crippen LogP contribution in [0.1, 0.15) is 53.1 Å². The third-order valence-electron chi connectivity index (χ3n) is 9.35. The number of carbonyl (C=O) groups excluding carboxylic acids is 3. The Labute approximate surface area is 317 Å². The Morgan fingerprint density at radius 2 is 1.59 bits per heavy atom. The number of aromatic nitrogens is 1. The molecular weight excluding hydrogens is 707 g/mol. The minimum Gasteiger partial charge on any atom is -0.618 e. The summed E-state index contributed by atoms with van der Waals surface area (Å²) in [5.74, 6) is -0.292. The lowest BCUT2D eigenvalue weighted by Crippen LogP contribution is -2.41. The number of pyridine rings is 1. The molecule has 4 atom stereocenters. The van der Waals surface area contributed by atoms with E-state index < -0.39 is 24.3 Å². The van der Waals surface area contributed by atoms with Crippen molar-refractivity contribution in [1.29, 1.82) is 0 Å². The molecule has 0 spiro atoms. The molecule has 4 aromatic carbocycles. The smallest absolute Gasteiger partial charge is 0.408 e. The van der Waals surface area contributed by atoms with E-state index in [0.717, 1.165) is 43.7 Å². The third kappa shape index (κ3) is 8.97. The molecule has 3 heterocycles. The van der Waals surface area contributed by atoms with Crippen molar-refractivity contribution in [2.45, 2.75) is 62.2 Å². The minimum atomic E-state index is -0.986. The molecule has 12 heteroatoms. The van der Waals surface area contributed by atoms with E-state index in [-0.39, 0.29) is 44.3 Å². The lowest BCUT2D eigenvalue weighted by atomic mass is 9.99. The highest BCUT2D eigenvalue weighted by Crippen LogP contribution is 2.39. The first-order valence-electron chi connectivity index (χ1n) is 17.7. The number of nitrogens with zero attached hydrogens (tertiary/aromatic N) is 2. The van der Waals surface area contributed by atoms with Crippen molar-refractivity contribution in [3.8, 4) is 11.1 Å². The maximum Gasteiger partial charge on any atom is 0.408 e. The SMILES string of the molecule is O=C(NC1CC(=O)N(Cc2cccc(-c3ccc(C4OC(CSc5cccc[n+]5[O-])CC(c5ccc(CO)cc5)O4)cc3)c2)C1=O)OCc1ccccc1. The maximum atomic E-state index is 13.2. The van der Waals surface area contributed by atoms with Crippen LogP contribution in [0.3, 0.4) is 0 Å². The van der Waals surface area contributed by atoms with Crippen molar-refractivity contribution in [3.05, 3.63) is 161 Å². The van der Waals surface area contributed by atoms with Crippen LogP contribution in [0, 0.1) is 5.21 Å². The second-order valence-electron chi connectivity index (χ2n) is 13.1. The number of ether oxygens (including phenoxy) is 3. The molecule has 0 radical (unpaired) electrons. The lowest BCUT2D eigenvalue weighted by molar-refractivity contribution is -0.645. The van der Waals surface area contributed by atoms with Gasteiger partial charge in [-0.05, 0) is 45.5 Å². The third-order valence-corrected chi connectivity index (χ3v) is 10.5. The van der Waals surface area contributed by atoms with E-state index in [2.05, 4.69) is 5.32 Å². The molecule has 2 aliphatic heterocycles. The fourth-order valence-corrected chi connectivity index (χ4v) is 7.39. The van der Waals surface area contributed by atoms with Gasteiger partial charge in [-0.15, -0.1) is 0 Å². The molecule has 3 amide bonds. The van der Waals surface area contributed by atoms with Crippen molar-refractivity contribution < 1.29 is 38.4 Å². The summed E-state index contributed by atoms with van der Waals surface area (Å²) in [4.78, 5) is 39.6. The monoisotopic (exact) mass is 745 g/mol. The summed E-state index contributed by atoms with van der Waals surface area (Å²) in [6.45, 7) is 0.0807. The largest absolute Gasteiger partial charge is 0.618 e. The van der Waals surface area contributed by atoms with E-state index >= 15 is 0 Å². The number of alkyl carbamates (subject to hydrolysis) is 1. The van der Waals surface area contributed by atoms with Crippen LogP contribution < -0.4 is 10.0 Å². The number of nitrogens with one attached hydrogen (secondary N) is 1. The zero-order valence-corrected chi connectivity index (χ0v) is 30.1. The Bertz CT molecular complexity index is 2080. The Hall–Kier alpha value is -5.53. The molecule has 1 aromatic heterocycles. The molecule has 7 rings (SSSR count). The van der Waals surface area contributed by atoms with Crippen molar-refractivity contribution in [3.63, 3.8) is 0 Å². The number of hydrogen-bond acceptors (Lipinski definition) is 9. The van der Waals surface area contributed by atoms with Gasteiger partial charge in [-0.2, -0.15) is 4.73 Å². The van der Waals surface area contributed by atoms with Gasteiger partial charge in [0, 0.05) is 29.9 Å². The molecule has 0 saturated carbocycles. The summed E-state index contributed by atoms with van der Waals surface area (Å²) in [6, 6.07) is 36.7. The normalized spacial score (nSPS) is 19.8.